The van der Waals surface area contributed by atoms with E-state index in [2.05, 4.69) is 15.9 Å². The lowest BCUT2D eigenvalue weighted by molar-refractivity contribution is -0.131. The summed E-state index contributed by atoms with van der Waals surface area (Å²) in [4.78, 5) is 10.5. The quantitative estimate of drug-likeness (QED) is 0.787. The second-order valence-corrected chi connectivity index (χ2v) is 5.21. The maximum atomic E-state index is 10.5. The molecule has 5 heteroatoms. The predicted molar refractivity (Wildman–Crippen MR) is 82.3 cm³/mol. The van der Waals surface area contributed by atoms with Gasteiger partial charge in [-0.1, -0.05) is 17.7 Å². The van der Waals surface area contributed by atoms with E-state index >= 15 is 0 Å². The van der Waals surface area contributed by atoms with Crippen molar-refractivity contribution in [2.75, 3.05) is 0 Å². The van der Waals surface area contributed by atoms with Gasteiger partial charge in [0, 0.05) is 11.1 Å². The summed E-state index contributed by atoms with van der Waals surface area (Å²) in [5.74, 6) is 0.325. The van der Waals surface area contributed by atoms with Gasteiger partial charge < -0.3 is 9.84 Å². The summed E-state index contributed by atoms with van der Waals surface area (Å²) in [5.41, 5.74) is 0.766. The van der Waals surface area contributed by atoms with E-state index in [0.29, 0.717) is 16.5 Å². The van der Waals surface area contributed by atoms with Gasteiger partial charge in [0.25, 0.3) is 0 Å². The minimum atomic E-state index is -0.984. The minimum absolute atomic E-state index is 0.639. The topological polar surface area (TPSA) is 46.5 Å². The Morgan fingerprint density at radius 3 is 2.50 bits per heavy atom. The smallest absolute Gasteiger partial charge is 0.328 e. The highest BCUT2D eigenvalue weighted by Gasteiger charge is 2.03. The zero-order chi connectivity index (χ0) is 14.5. The highest BCUT2D eigenvalue weighted by molar-refractivity contribution is 9.10. The van der Waals surface area contributed by atoms with Crippen LogP contribution < -0.4 is 4.74 Å². The van der Waals surface area contributed by atoms with Gasteiger partial charge in [0.1, 0.15) is 11.5 Å². The molecule has 2 rings (SSSR count). The molecule has 1 N–H and O–H groups in total. The van der Waals surface area contributed by atoms with Crippen LogP contribution in [0.1, 0.15) is 5.56 Å². The Morgan fingerprint density at radius 2 is 1.90 bits per heavy atom. The fraction of sp³-hybridized carbons (Fsp3) is 0. The van der Waals surface area contributed by atoms with Crippen molar-refractivity contribution in [1.82, 2.24) is 0 Å². The van der Waals surface area contributed by atoms with Crippen LogP contribution in [0.5, 0.6) is 11.5 Å². The van der Waals surface area contributed by atoms with E-state index in [4.69, 9.17) is 21.4 Å². The van der Waals surface area contributed by atoms with Crippen molar-refractivity contribution in [3.8, 4) is 11.5 Å². The van der Waals surface area contributed by atoms with Gasteiger partial charge >= 0.3 is 5.97 Å². The normalized spacial score (nSPS) is 10.7. The maximum absolute atomic E-state index is 10.5. The van der Waals surface area contributed by atoms with Crippen LogP contribution in [-0.4, -0.2) is 11.1 Å². The number of rotatable bonds is 4. The van der Waals surface area contributed by atoms with Crippen LogP contribution in [0.3, 0.4) is 0 Å². The first-order chi connectivity index (χ1) is 9.54. The fourth-order valence-corrected chi connectivity index (χ4v) is 2.10. The maximum Gasteiger partial charge on any atom is 0.328 e. The molecule has 0 atom stereocenters. The van der Waals surface area contributed by atoms with Gasteiger partial charge in [0.2, 0.25) is 0 Å². The average molecular weight is 354 g/mol. The van der Waals surface area contributed by atoms with Gasteiger partial charge in [-0.15, -0.1) is 0 Å². The highest BCUT2D eigenvalue weighted by Crippen LogP contribution is 2.31. The Kier molecular flexibility index (Phi) is 4.82. The molecule has 2 aromatic carbocycles. The lowest BCUT2D eigenvalue weighted by atomic mass is 10.2. The van der Waals surface area contributed by atoms with E-state index < -0.39 is 5.97 Å². The van der Waals surface area contributed by atoms with Gasteiger partial charge in [-0.2, -0.15) is 0 Å². The largest absolute Gasteiger partial charge is 0.478 e. The third-order valence-electron chi connectivity index (χ3n) is 2.42. The summed E-state index contributed by atoms with van der Waals surface area (Å²) in [7, 11) is 0. The molecule has 20 heavy (non-hydrogen) atoms. The van der Waals surface area contributed by atoms with Crippen LogP contribution in [0.4, 0.5) is 0 Å². The van der Waals surface area contributed by atoms with Gasteiger partial charge in [0.05, 0.1) is 4.47 Å². The molecule has 0 saturated carbocycles. The zero-order valence-electron chi connectivity index (χ0n) is 10.2. The number of hydrogen-bond acceptors (Lipinski definition) is 2. The summed E-state index contributed by atoms with van der Waals surface area (Å²) in [5, 5.41) is 9.23. The molecule has 0 amide bonds. The second-order valence-electron chi connectivity index (χ2n) is 3.92. The summed E-state index contributed by atoms with van der Waals surface area (Å²) >= 11 is 9.20. The molecule has 0 aliphatic rings. The van der Waals surface area contributed by atoms with Crippen molar-refractivity contribution in [3.63, 3.8) is 0 Å². The first-order valence-corrected chi connectivity index (χ1v) is 6.85. The first-order valence-electron chi connectivity index (χ1n) is 5.68. The Bertz CT molecular complexity index is 651. The Hall–Kier alpha value is -1.78. The Balaban J connectivity index is 2.17. The molecule has 0 saturated heterocycles. The number of halogens is 2. The molecule has 2 aromatic rings. The van der Waals surface area contributed by atoms with Gasteiger partial charge in [-0.05, 0) is 64.0 Å². The molecule has 0 heterocycles. The molecule has 3 nitrogen and oxygen atoms in total. The van der Waals surface area contributed by atoms with Crippen LogP contribution in [0.25, 0.3) is 6.08 Å². The standard InChI is InChI=1S/C15H10BrClO3/c16-13-9-10(2-8-15(18)19)1-7-14(13)20-12-5-3-11(17)4-6-12/h1-9H,(H,18,19)/b8-2+. The number of aliphatic carboxylic acids is 1. The zero-order valence-corrected chi connectivity index (χ0v) is 12.6. The lowest BCUT2D eigenvalue weighted by Crippen LogP contribution is -1.87. The molecule has 0 spiro atoms. The van der Waals surface area contributed by atoms with E-state index in [9.17, 15) is 4.79 Å². The van der Waals surface area contributed by atoms with Crippen molar-refractivity contribution in [3.05, 3.63) is 63.6 Å². The third-order valence-corrected chi connectivity index (χ3v) is 3.29. The summed E-state index contributed by atoms with van der Waals surface area (Å²) in [6.45, 7) is 0. The first kappa shape index (κ1) is 14.6. The van der Waals surface area contributed by atoms with Crippen LogP contribution in [0.15, 0.2) is 53.0 Å². The SMILES string of the molecule is O=C(O)/C=C/c1ccc(Oc2ccc(Cl)cc2)c(Br)c1. The monoisotopic (exact) mass is 352 g/mol. The molecule has 0 aliphatic carbocycles. The van der Waals surface area contributed by atoms with E-state index in [-0.39, 0.29) is 0 Å². The van der Waals surface area contributed by atoms with E-state index in [1.54, 1.807) is 42.5 Å². The molecule has 102 valence electrons. The van der Waals surface area contributed by atoms with Gasteiger partial charge in [-0.3, -0.25) is 0 Å². The van der Waals surface area contributed by atoms with Crippen molar-refractivity contribution < 1.29 is 14.6 Å². The third kappa shape index (κ3) is 4.11. The Labute approximate surface area is 129 Å². The van der Waals surface area contributed by atoms with Crippen molar-refractivity contribution >= 4 is 39.6 Å². The number of benzene rings is 2. The summed E-state index contributed by atoms with van der Waals surface area (Å²) in [6.07, 6.45) is 2.60. The molecule has 0 aromatic heterocycles. The minimum Gasteiger partial charge on any atom is -0.478 e. The van der Waals surface area contributed by atoms with E-state index in [1.807, 2.05) is 0 Å². The van der Waals surface area contributed by atoms with Gasteiger partial charge in [-0.25, -0.2) is 4.79 Å². The van der Waals surface area contributed by atoms with E-state index in [0.717, 1.165) is 16.1 Å². The molecule has 0 aliphatic heterocycles. The molecule has 0 unspecified atom stereocenters. The molecular formula is C15H10BrClO3. The summed E-state index contributed by atoms with van der Waals surface area (Å²) < 4.78 is 6.43. The van der Waals surface area contributed by atoms with Crippen LogP contribution >= 0.6 is 27.5 Å². The molecule has 0 radical (unpaired) electrons. The predicted octanol–water partition coefficient (Wildman–Crippen LogP) is 4.99. The van der Waals surface area contributed by atoms with E-state index in [1.165, 1.54) is 6.08 Å². The fourth-order valence-electron chi connectivity index (χ4n) is 1.50. The molecule has 0 fully saturated rings. The van der Waals surface area contributed by atoms with Crippen LogP contribution in [0.2, 0.25) is 5.02 Å². The molecule has 0 bridgehead atoms. The number of hydrogen-bond donors (Lipinski definition) is 1. The summed E-state index contributed by atoms with van der Waals surface area (Å²) in [6, 6.07) is 12.4. The Morgan fingerprint density at radius 1 is 1.20 bits per heavy atom. The number of carboxylic acid groups (broad SMARTS) is 1. The van der Waals surface area contributed by atoms with Crippen molar-refractivity contribution in [2.45, 2.75) is 0 Å². The van der Waals surface area contributed by atoms with Crippen LogP contribution in [-0.2, 0) is 4.79 Å². The lowest BCUT2D eigenvalue weighted by Gasteiger charge is -2.08. The van der Waals surface area contributed by atoms with Crippen LogP contribution in [0, 0.1) is 0 Å². The van der Waals surface area contributed by atoms with Crippen molar-refractivity contribution in [1.29, 1.82) is 0 Å². The highest BCUT2D eigenvalue weighted by atomic mass is 79.9. The van der Waals surface area contributed by atoms with Crippen molar-refractivity contribution in [2.24, 2.45) is 0 Å². The molecular weight excluding hydrogens is 344 g/mol. The number of carboxylic acids is 1. The number of ether oxygens (including phenoxy) is 1. The second kappa shape index (κ2) is 6.59. The average Bonchev–Trinajstić information content (AvgIpc) is 2.41. The number of carbonyl (C=O) groups is 1. The van der Waals surface area contributed by atoms with Gasteiger partial charge in [0.15, 0.2) is 0 Å².